The standard InChI is InChI=1S/C9H21NO/c1-5-7-8(10)9(3,6-2)11-4/h8H,5-7,10H2,1-4H3/t8-,9?/m0/s1. The van der Waals surface area contributed by atoms with E-state index in [0.29, 0.717) is 0 Å². The van der Waals surface area contributed by atoms with E-state index in [1.165, 1.54) is 0 Å². The van der Waals surface area contributed by atoms with Gasteiger partial charge in [-0.25, -0.2) is 0 Å². The van der Waals surface area contributed by atoms with Crippen LogP contribution in [0.2, 0.25) is 0 Å². The van der Waals surface area contributed by atoms with Gasteiger partial charge in [-0.3, -0.25) is 0 Å². The van der Waals surface area contributed by atoms with Crippen LogP contribution in [0.3, 0.4) is 0 Å². The van der Waals surface area contributed by atoms with Gasteiger partial charge in [0.05, 0.1) is 5.60 Å². The zero-order chi connectivity index (χ0) is 8.91. The normalized spacial score (nSPS) is 19.4. The molecule has 0 saturated heterocycles. The molecule has 0 spiro atoms. The molecule has 0 aliphatic heterocycles. The van der Waals surface area contributed by atoms with Crippen molar-refractivity contribution in [3.8, 4) is 0 Å². The van der Waals surface area contributed by atoms with Crippen LogP contribution in [0.5, 0.6) is 0 Å². The van der Waals surface area contributed by atoms with Crippen molar-refractivity contribution in [2.45, 2.75) is 51.7 Å². The van der Waals surface area contributed by atoms with Gasteiger partial charge in [-0.05, 0) is 19.8 Å². The highest BCUT2D eigenvalue weighted by Gasteiger charge is 2.28. The molecule has 68 valence electrons. The molecule has 0 rings (SSSR count). The maximum absolute atomic E-state index is 5.96. The van der Waals surface area contributed by atoms with Crippen LogP contribution in [0.1, 0.15) is 40.0 Å². The van der Waals surface area contributed by atoms with E-state index in [9.17, 15) is 0 Å². The number of hydrogen-bond acceptors (Lipinski definition) is 2. The molecule has 0 saturated carbocycles. The minimum atomic E-state index is -0.129. The number of hydrogen-bond donors (Lipinski definition) is 1. The van der Waals surface area contributed by atoms with E-state index in [-0.39, 0.29) is 11.6 Å². The van der Waals surface area contributed by atoms with Crippen LogP contribution < -0.4 is 5.73 Å². The van der Waals surface area contributed by atoms with Crippen molar-refractivity contribution in [3.05, 3.63) is 0 Å². The molecule has 2 atom stereocenters. The fourth-order valence-electron chi connectivity index (χ4n) is 1.17. The largest absolute Gasteiger partial charge is 0.377 e. The SMILES string of the molecule is CCC[C@H](N)C(C)(CC)OC. The molecule has 0 amide bonds. The van der Waals surface area contributed by atoms with Gasteiger partial charge < -0.3 is 10.5 Å². The molecule has 11 heavy (non-hydrogen) atoms. The summed E-state index contributed by atoms with van der Waals surface area (Å²) in [6, 6.07) is 0.169. The van der Waals surface area contributed by atoms with Crippen LogP contribution in [-0.4, -0.2) is 18.8 Å². The average molecular weight is 159 g/mol. The third-order valence-corrected chi connectivity index (χ3v) is 2.55. The van der Waals surface area contributed by atoms with E-state index in [1.807, 2.05) is 0 Å². The highest BCUT2D eigenvalue weighted by molar-refractivity contribution is 4.85. The Morgan fingerprint density at radius 2 is 2.00 bits per heavy atom. The summed E-state index contributed by atoms with van der Waals surface area (Å²) in [4.78, 5) is 0. The quantitative estimate of drug-likeness (QED) is 0.665. The molecule has 0 fully saturated rings. The second-order valence-electron chi connectivity index (χ2n) is 3.27. The smallest absolute Gasteiger partial charge is 0.0798 e. The Kier molecular flexibility index (Phi) is 4.69. The van der Waals surface area contributed by atoms with Crippen molar-refractivity contribution < 1.29 is 4.74 Å². The summed E-state index contributed by atoms with van der Waals surface area (Å²) in [6.45, 7) is 6.33. The third-order valence-electron chi connectivity index (χ3n) is 2.55. The Morgan fingerprint density at radius 3 is 2.27 bits per heavy atom. The number of nitrogens with two attached hydrogens (primary N) is 1. The Balaban J connectivity index is 4.00. The molecule has 0 aromatic heterocycles. The lowest BCUT2D eigenvalue weighted by Gasteiger charge is -2.33. The van der Waals surface area contributed by atoms with Crippen LogP contribution in [0.4, 0.5) is 0 Å². The number of ether oxygens (including phenoxy) is 1. The molecule has 2 heteroatoms. The Morgan fingerprint density at radius 1 is 1.45 bits per heavy atom. The molecule has 2 nitrogen and oxygen atoms in total. The van der Waals surface area contributed by atoms with Crippen molar-refractivity contribution in [2.75, 3.05) is 7.11 Å². The van der Waals surface area contributed by atoms with Crippen LogP contribution >= 0.6 is 0 Å². The van der Waals surface area contributed by atoms with Crippen LogP contribution in [0.15, 0.2) is 0 Å². The zero-order valence-electron chi connectivity index (χ0n) is 8.18. The molecule has 0 aromatic carbocycles. The topological polar surface area (TPSA) is 35.2 Å². The summed E-state index contributed by atoms with van der Waals surface area (Å²) in [6.07, 6.45) is 3.14. The predicted octanol–water partition coefficient (Wildman–Crippen LogP) is 1.93. The van der Waals surface area contributed by atoms with Gasteiger partial charge >= 0.3 is 0 Å². The van der Waals surface area contributed by atoms with E-state index >= 15 is 0 Å². The summed E-state index contributed by atoms with van der Waals surface area (Å²) in [5.41, 5.74) is 5.83. The van der Waals surface area contributed by atoms with E-state index < -0.39 is 0 Å². The first kappa shape index (κ1) is 10.9. The molecule has 0 radical (unpaired) electrons. The first-order valence-corrected chi connectivity index (χ1v) is 4.41. The second-order valence-corrected chi connectivity index (χ2v) is 3.27. The molecular formula is C9H21NO. The molecule has 0 bridgehead atoms. The van der Waals surface area contributed by atoms with Crippen LogP contribution in [0, 0.1) is 0 Å². The van der Waals surface area contributed by atoms with Crippen molar-refractivity contribution in [2.24, 2.45) is 5.73 Å². The Hall–Kier alpha value is -0.0800. The van der Waals surface area contributed by atoms with Gasteiger partial charge in [0.15, 0.2) is 0 Å². The maximum Gasteiger partial charge on any atom is 0.0798 e. The maximum atomic E-state index is 5.96. The average Bonchev–Trinajstić information content (AvgIpc) is 2.03. The molecule has 2 N–H and O–H groups in total. The highest BCUT2D eigenvalue weighted by Crippen LogP contribution is 2.20. The summed E-state index contributed by atoms with van der Waals surface area (Å²) < 4.78 is 5.38. The zero-order valence-corrected chi connectivity index (χ0v) is 8.18. The van der Waals surface area contributed by atoms with Crippen LogP contribution in [-0.2, 0) is 4.74 Å². The minimum Gasteiger partial charge on any atom is -0.377 e. The lowest BCUT2D eigenvalue weighted by atomic mass is 9.91. The Labute approximate surface area is 70.1 Å². The first-order valence-electron chi connectivity index (χ1n) is 4.41. The Bertz CT molecular complexity index is 99.7. The monoisotopic (exact) mass is 159 g/mol. The molecule has 0 heterocycles. The summed E-state index contributed by atoms with van der Waals surface area (Å²) in [5.74, 6) is 0. The fraction of sp³-hybridized carbons (Fsp3) is 1.00. The van der Waals surface area contributed by atoms with E-state index in [4.69, 9.17) is 10.5 Å². The van der Waals surface area contributed by atoms with E-state index in [1.54, 1.807) is 7.11 Å². The summed E-state index contributed by atoms with van der Waals surface area (Å²) >= 11 is 0. The van der Waals surface area contributed by atoms with Gasteiger partial charge in [0, 0.05) is 13.2 Å². The highest BCUT2D eigenvalue weighted by atomic mass is 16.5. The van der Waals surface area contributed by atoms with Crippen molar-refractivity contribution >= 4 is 0 Å². The van der Waals surface area contributed by atoms with Gasteiger partial charge in [0.1, 0.15) is 0 Å². The predicted molar refractivity (Wildman–Crippen MR) is 48.6 cm³/mol. The van der Waals surface area contributed by atoms with Crippen molar-refractivity contribution in [1.29, 1.82) is 0 Å². The number of methoxy groups -OCH3 is 1. The van der Waals surface area contributed by atoms with Crippen molar-refractivity contribution in [3.63, 3.8) is 0 Å². The number of rotatable bonds is 5. The third kappa shape index (κ3) is 2.80. The van der Waals surface area contributed by atoms with Gasteiger partial charge in [-0.15, -0.1) is 0 Å². The summed E-state index contributed by atoms with van der Waals surface area (Å²) in [5, 5.41) is 0. The lowest BCUT2D eigenvalue weighted by Crippen LogP contribution is -2.46. The molecular weight excluding hydrogens is 138 g/mol. The van der Waals surface area contributed by atoms with Gasteiger partial charge in [-0.1, -0.05) is 20.3 Å². The van der Waals surface area contributed by atoms with Gasteiger partial charge in [0.25, 0.3) is 0 Å². The minimum absolute atomic E-state index is 0.129. The molecule has 0 aliphatic carbocycles. The van der Waals surface area contributed by atoms with Crippen molar-refractivity contribution in [1.82, 2.24) is 0 Å². The van der Waals surface area contributed by atoms with E-state index in [0.717, 1.165) is 19.3 Å². The summed E-state index contributed by atoms with van der Waals surface area (Å²) in [7, 11) is 1.74. The first-order chi connectivity index (χ1) is 5.10. The molecule has 0 aromatic rings. The molecule has 1 unspecified atom stereocenters. The van der Waals surface area contributed by atoms with Gasteiger partial charge in [-0.2, -0.15) is 0 Å². The van der Waals surface area contributed by atoms with Gasteiger partial charge in [0.2, 0.25) is 0 Å². The second kappa shape index (κ2) is 4.73. The van der Waals surface area contributed by atoms with E-state index in [2.05, 4.69) is 20.8 Å². The molecule has 0 aliphatic rings. The fourth-order valence-corrected chi connectivity index (χ4v) is 1.17. The lowest BCUT2D eigenvalue weighted by molar-refractivity contribution is -0.0207. The van der Waals surface area contributed by atoms with Crippen LogP contribution in [0.25, 0.3) is 0 Å².